The molecule has 2 aromatic rings. The highest BCUT2D eigenvalue weighted by molar-refractivity contribution is 9.10. The van der Waals surface area contributed by atoms with Crippen LogP contribution in [0.1, 0.15) is 6.92 Å². The van der Waals surface area contributed by atoms with Crippen LogP contribution in [0.5, 0.6) is 5.75 Å². The van der Waals surface area contributed by atoms with Gasteiger partial charge in [-0.15, -0.1) is 0 Å². The Balaban J connectivity index is 2.00. The van der Waals surface area contributed by atoms with Crippen LogP contribution in [-0.2, 0) is 0 Å². The summed E-state index contributed by atoms with van der Waals surface area (Å²) in [6, 6.07) is 14.6. The van der Waals surface area contributed by atoms with Crippen LogP contribution in [-0.4, -0.2) is 12.6 Å². The van der Waals surface area contributed by atoms with Crippen molar-refractivity contribution in [2.75, 3.05) is 11.9 Å². The molecule has 1 unspecified atom stereocenters. The predicted octanol–water partition coefficient (Wildman–Crippen LogP) is 4.31. The van der Waals surface area contributed by atoms with Crippen LogP contribution in [0.2, 0.25) is 0 Å². The monoisotopic (exact) mass is 303 g/mol. The van der Waals surface area contributed by atoms with Crippen molar-refractivity contribution in [1.29, 1.82) is 0 Å². The molecule has 2 aromatic carbocycles. The van der Waals surface area contributed by atoms with Crippen molar-refractivity contribution >= 4 is 21.6 Å². The first-order chi connectivity index (χ1) is 8.72. The second kappa shape index (κ2) is 4.65. The lowest BCUT2D eigenvalue weighted by molar-refractivity contribution is 0.226. The number of hydrogen-bond acceptors (Lipinski definition) is 2. The molecule has 0 spiro atoms. The van der Waals surface area contributed by atoms with Crippen LogP contribution in [0.25, 0.3) is 11.1 Å². The summed E-state index contributed by atoms with van der Waals surface area (Å²) in [6.07, 6.45) is 0.231. The molecule has 18 heavy (non-hydrogen) atoms. The summed E-state index contributed by atoms with van der Waals surface area (Å²) in [5.41, 5.74) is 3.47. The lowest BCUT2D eigenvalue weighted by Crippen LogP contribution is -2.27. The average Bonchev–Trinajstić information content (AvgIpc) is 2.38. The lowest BCUT2D eigenvalue weighted by Gasteiger charge is -2.25. The van der Waals surface area contributed by atoms with E-state index in [1.807, 2.05) is 18.2 Å². The third kappa shape index (κ3) is 2.23. The van der Waals surface area contributed by atoms with Gasteiger partial charge in [0.1, 0.15) is 11.9 Å². The minimum absolute atomic E-state index is 0.231. The molecule has 0 amide bonds. The Bertz CT molecular complexity index is 582. The minimum atomic E-state index is 0.231. The first-order valence-electron chi connectivity index (χ1n) is 6.03. The molecule has 0 aromatic heterocycles. The van der Waals surface area contributed by atoms with E-state index in [1.165, 1.54) is 11.1 Å². The second-order valence-electron chi connectivity index (χ2n) is 4.53. The highest BCUT2D eigenvalue weighted by Gasteiger charge is 2.15. The molecule has 1 atom stereocenters. The fourth-order valence-electron chi connectivity index (χ4n) is 2.13. The van der Waals surface area contributed by atoms with E-state index in [9.17, 15) is 0 Å². The third-order valence-corrected chi connectivity index (χ3v) is 3.54. The molecule has 0 fully saturated rings. The lowest BCUT2D eigenvalue weighted by atomic mass is 10.0. The Morgan fingerprint density at radius 1 is 1.17 bits per heavy atom. The molecule has 0 saturated carbocycles. The van der Waals surface area contributed by atoms with Crippen molar-refractivity contribution in [1.82, 2.24) is 0 Å². The molecule has 1 aliphatic rings. The molecular weight excluding hydrogens is 290 g/mol. The van der Waals surface area contributed by atoms with Crippen LogP contribution in [0.15, 0.2) is 46.9 Å². The number of benzene rings is 2. The largest absolute Gasteiger partial charge is 0.487 e. The summed E-state index contributed by atoms with van der Waals surface area (Å²) in [5, 5.41) is 3.40. The van der Waals surface area contributed by atoms with Gasteiger partial charge in [-0.3, -0.25) is 0 Å². The normalized spacial score (nSPS) is 17.6. The fourth-order valence-corrected chi connectivity index (χ4v) is 2.53. The molecule has 3 rings (SSSR count). The number of hydrogen-bond donors (Lipinski definition) is 1. The van der Waals surface area contributed by atoms with Crippen LogP contribution in [0.3, 0.4) is 0 Å². The van der Waals surface area contributed by atoms with Crippen LogP contribution < -0.4 is 10.1 Å². The first-order valence-corrected chi connectivity index (χ1v) is 6.82. The Morgan fingerprint density at radius 3 is 2.83 bits per heavy atom. The molecule has 3 heteroatoms. The zero-order chi connectivity index (χ0) is 12.5. The number of nitrogens with one attached hydrogen (secondary N) is 1. The third-order valence-electron chi connectivity index (χ3n) is 3.05. The van der Waals surface area contributed by atoms with Gasteiger partial charge in [-0.25, -0.2) is 0 Å². The van der Waals surface area contributed by atoms with E-state index < -0.39 is 0 Å². The predicted molar refractivity (Wildman–Crippen MR) is 78.2 cm³/mol. The maximum Gasteiger partial charge on any atom is 0.142 e. The van der Waals surface area contributed by atoms with Crippen LogP contribution >= 0.6 is 15.9 Å². The van der Waals surface area contributed by atoms with Gasteiger partial charge >= 0.3 is 0 Å². The van der Waals surface area contributed by atoms with E-state index in [-0.39, 0.29) is 6.10 Å². The highest BCUT2D eigenvalue weighted by Crippen LogP contribution is 2.34. The van der Waals surface area contributed by atoms with E-state index in [4.69, 9.17) is 4.74 Å². The van der Waals surface area contributed by atoms with Gasteiger partial charge < -0.3 is 10.1 Å². The molecule has 92 valence electrons. The molecule has 0 aliphatic carbocycles. The van der Waals surface area contributed by atoms with Crippen molar-refractivity contribution in [2.24, 2.45) is 0 Å². The molecule has 2 nitrogen and oxygen atoms in total. The highest BCUT2D eigenvalue weighted by atomic mass is 79.9. The summed E-state index contributed by atoms with van der Waals surface area (Å²) < 4.78 is 6.87. The van der Waals surface area contributed by atoms with Crippen LogP contribution in [0.4, 0.5) is 5.69 Å². The van der Waals surface area contributed by atoms with E-state index in [2.05, 4.69) is 52.4 Å². The molecule has 0 bridgehead atoms. The van der Waals surface area contributed by atoms with Crippen molar-refractivity contribution in [3.8, 4) is 16.9 Å². The number of halogens is 1. The summed E-state index contributed by atoms with van der Waals surface area (Å²) in [6.45, 7) is 2.92. The Labute approximate surface area is 115 Å². The van der Waals surface area contributed by atoms with Gasteiger partial charge in [0.2, 0.25) is 0 Å². The zero-order valence-electron chi connectivity index (χ0n) is 10.1. The molecule has 1 N–H and O–H groups in total. The summed E-state index contributed by atoms with van der Waals surface area (Å²) in [7, 11) is 0. The number of ether oxygens (including phenoxy) is 1. The summed E-state index contributed by atoms with van der Waals surface area (Å²) in [4.78, 5) is 0. The number of fused-ring (bicyclic) bond motifs is 1. The van der Waals surface area contributed by atoms with E-state index >= 15 is 0 Å². The van der Waals surface area contributed by atoms with Crippen molar-refractivity contribution in [3.63, 3.8) is 0 Å². The Hall–Kier alpha value is -1.48. The number of rotatable bonds is 1. The first kappa shape index (κ1) is 11.6. The average molecular weight is 304 g/mol. The SMILES string of the molecule is CC1CNc2cc(-c3cccc(Br)c3)ccc2O1. The number of anilines is 1. The Morgan fingerprint density at radius 2 is 2.00 bits per heavy atom. The summed E-state index contributed by atoms with van der Waals surface area (Å²) in [5.74, 6) is 0.937. The Kier molecular flexibility index (Phi) is 3.00. The zero-order valence-corrected chi connectivity index (χ0v) is 11.7. The standard InChI is InChI=1S/C15H14BrNO/c1-10-9-17-14-8-12(5-6-15(14)18-10)11-3-2-4-13(16)7-11/h2-8,10,17H,9H2,1H3. The van der Waals surface area contributed by atoms with E-state index in [0.29, 0.717) is 0 Å². The van der Waals surface area contributed by atoms with Gasteiger partial charge in [-0.05, 0) is 42.3 Å². The van der Waals surface area contributed by atoms with Gasteiger partial charge in [0.15, 0.2) is 0 Å². The van der Waals surface area contributed by atoms with Gasteiger partial charge in [0, 0.05) is 4.47 Å². The summed E-state index contributed by atoms with van der Waals surface area (Å²) >= 11 is 3.50. The minimum Gasteiger partial charge on any atom is -0.487 e. The molecule has 0 saturated heterocycles. The van der Waals surface area contributed by atoms with Crippen molar-refractivity contribution in [3.05, 3.63) is 46.9 Å². The fraction of sp³-hybridized carbons (Fsp3) is 0.200. The maximum absolute atomic E-state index is 5.77. The van der Waals surface area contributed by atoms with E-state index in [0.717, 1.165) is 22.5 Å². The quantitative estimate of drug-likeness (QED) is 0.847. The van der Waals surface area contributed by atoms with Crippen molar-refractivity contribution < 1.29 is 4.74 Å². The smallest absolute Gasteiger partial charge is 0.142 e. The maximum atomic E-state index is 5.77. The second-order valence-corrected chi connectivity index (χ2v) is 5.45. The molecule has 1 heterocycles. The van der Waals surface area contributed by atoms with Gasteiger partial charge in [-0.1, -0.05) is 34.1 Å². The van der Waals surface area contributed by atoms with Gasteiger partial charge in [0.25, 0.3) is 0 Å². The topological polar surface area (TPSA) is 21.3 Å². The molecule has 1 aliphatic heterocycles. The van der Waals surface area contributed by atoms with Crippen LogP contribution in [0, 0.1) is 0 Å². The van der Waals surface area contributed by atoms with Gasteiger partial charge in [-0.2, -0.15) is 0 Å². The van der Waals surface area contributed by atoms with E-state index in [1.54, 1.807) is 0 Å². The van der Waals surface area contributed by atoms with Crippen molar-refractivity contribution in [2.45, 2.75) is 13.0 Å². The molecular formula is C15H14BrNO. The van der Waals surface area contributed by atoms with Gasteiger partial charge in [0.05, 0.1) is 12.2 Å². The molecule has 0 radical (unpaired) electrons.